The molecule has 0 fully saturated rings. The van der Waals surface area contributed by atoms with Crippen molar-refractivity contribution in [2.24, 2.45) is 5.73 Å². The van der Waals surface area contributed by atoms with Crippen molar-refractivity contribution in [3.05, 3.63) is 0 Å². The van der Waals surface area contributed by atoms with Crippen molar-refractivity contribution >= 4 is 12.4 Å². The second-order valence-corrected chi connectivity index (χ2v) is 1.97. The van der Waals surface area contributed by atoms with E-state index in [-0.39, 0.29) is 12.4 Å². The van der Waals surface area contributed by atoms with Crippen LogP contribution in [0.15, 0.2) is 0 Å². The van der Waals surface area contributed by atoms with Crippen molar-refractivity contribution in [2.75, 3.05) is 0 Å². The largest absolute Gasteiger partial charge is 0.403 e. The number of nitrogens with two attached hydrogens (primary N) is 1. The summed E-state index contributed by atoms with van der Waals surface area (Å²) in [5.41, 5.74) is 4.19. The molecule has 0 aliphatic rings. The molecule has 0 unspecified atom stereocenters. The van der Waals surface area contributed by atoms with Gasteiger partial charge in [0.15, 0.2) is 0 Å². The van der Waals surface area contributed by atoms with E-state index in [0.717, 1.165) is 0 Å². The van der Waals surface area contributed by atoms with Gasteiger partial charge in [-0.2, -0.15) is 26.3 Å². The molecule has 76 valence electrons. The highest BCUT2D eigenvalue weighted by Crippen LogP contribution is 2.28. The third-order valence-corrected chi connectivity index (χ3v) is 0.872. The molecule has 0 saturated heterocycles. The molecule has 0 aromatic rings. The van der Waals surface area contributed by atoms with Gasteiger partial charge in [0.05, 0.1) is 6.42 Å². The zero-order chi connectivity index (χ0) is 9.28. The average molecular weight is 218 g/mol. The molecule has 0 aromatic carbocycles. The van der Waals surface area contributed by atoms with Crippen LogP contribution in [0.2, 0.25) is 0 Å². The summed E-state index contributed by atoms with van der Waals surface area (Å²) < 4.78 is 67.8. The van der Waals surface area contributed by atoms with Gasteiger partial charge in [0, 0.05) is 0 Å². The SMILES string of the molecule is Cl.N[C@@H](CC(F)(F)F)C(F)(F)F. The number of halogens is 7. The smallest absolute Gasteiger partial charge is 0.320 e. The molecule has 0 radical (unpaired) electrons. The normalized spacial score (nSPS) is 15.2. The van der Waals surface area contributed by atoms with Crippen LogP contribution in [0.5, 0.6) is 0 Å². The summed E-state index contributed by atoms with van der Waals surface area (Å²) in [7, 11) is 0. The van der Waals surface area contributed by atoms with E-state index in [1.165, 1.54) is 0 Å². The van der Waals surface area contributed by atoms with Crippen LogP contribution in [-0.4, -0.2) is 18.4 Å². The first-order chi connectivity index (χ1) is 4.63. The Morgan fingerprint density at radius 3 is 1.42 bits per heavy atom. The van der Waals surface area contributed by atoms with Gasteiger partial charge >= 0.3 is 12.4 Å². The van der Waals surface area contributed by atoms with E-state index in [4.69, 9.17) is 0 Å². The number of hydrogen-bond acceptors (Lipinski definition) is 1. The molecular weight excluding hydrogens is 211 g/mol. The molecule has 1 atom stereocenters. The van der Waals surface area contributed by atoms with E-state index in [0.29, 0.717) is 0 Å². The van der Waals surface area contributed by atoms with Gasteiger partial charge in [-0.25, -0.2) is 0 Å². The highest BCUT2D eigenvalue weighted by molar-refractivity contribution is 5.85. The lowest BCUT2D eigenvalue weighted by molar-refractivity contribution is -0.194. The number of alkyl halides is 6. The van der Waals surface area contributed by atoms with Crippen molar-refractivity contribution in [1.82, 2.24) is 0 Å². The van der Waals surface area contributed by atoms with Crippen LogP contribution in [-0.2, 0) is 0 Å². The summed E-state index contributed by atoms with van der Waals surface area (Å²) in [6, 6.07) is -2.82. The van der Waals surface area contributed by atoms with E-state index in [1.807, 2.05) is 0 Å². The molecular formula is C4H6ClF6N. The molecule has 0 amide bonds. The van der Waals surface area contributed by atoms with Gasteiger partial charge in [-0.15, -0.1) is 12.4 Å². The predicted octanol–water partition coefficient (Wildman–Crippen LogP) is 2.25. The lowest BCUT2D eigenvalue weighted by atomic mass is 10.2. The van der Waals surface area contributed by atoms with Crippen molar-refractivity contribution < 1.29 is 26.3 Å². The van der Waals surface area contributed by atoms with E-state index < -0.39 is 24.8 Å². The minimum atomic E-state index is -4.98. The van der Waals surface area contributed by atoms with Gasteiger partial charge in [-0.3, -0.25) is 0 Å². The Bertz CT molecular complexity index is 128. The Balaban J connectivity index is 0. The lowest BCUT2D eigenvalue weighted by Crippen LogP contribution is -2.40. The number of rotatable bonds is 1. The Labute approximate surface area is 70.3 Å². The summed E-state index contributed by atoms with van der Waals surface area (Å²) >= 11 is 0. The minimum absolute atomic E-state index is 0. The summed E-state index contributed by atoms with van der Waals surface area (Å²) in [6.07, 6.45) is -11.9. The fourth-order valence-corrected chi connectivity index (χ4v) is 0.365. The van der Waals surface area contributed by atoms with Crippen LogP contribution in [0.4, 0.5) is 26.3 Å². The van der Waals surface area contributed by atoms with Gasteiger partial charge in [0.25, 0.3) is 0 Å². The molecule has 0 aromatic heterocycles. The molecule has 0 bridgehead atoms. The fraction of sp³-hybridized carbons (Fsp3) is 1.00. The van der Waals surface area contributed by atoms with Crippen LogP contribution in [0.3, 0.4) is 0 Å². The second kappa shape index (κ2) is 4.18. The molecule has 8 heteroatoms. The first kappa shape index (κ1) is 14.4. The highest BCUT2D eigenvalue weighted by Gasteiger charge is 2.44. The highest BCUT2D eigenvalue weighted by atomic mass is 35.5. The molecule has 0 aliphatic carbocycles. The fourth-order valence-electron chi connectivity index (χ4n) is 0.365. The summed E-state index contributed by atoms with van der Waals surface area (Å²) in [4.78, 5) is 0. The third-order valence-electron chi connectivity index (χ3n) is 0.872. The van der Waals surface area contributed by atoms with Crippen LogP contribution in [0.25, 0.3) is 0 Å². The van der Waals surface area contributed by atoms with Crippen LogP contribution >= 0.6 is 12.4 Å². The van der Waals surface area contributed by atoms with Gasteiger partial charge in [-0.1, -0.05) is 0 Å². The molecule has 1 nitrogen and oxygen atoms in total. The zero-order valence-electron chi connectivity index (χ0n) is 5.54. The summed E-state index contributed by atoms with van der Waals surface area (Å²) in [5, 5.41) is 0. The van der Waals surface area contributed by atoms with E-state index in [2.05, 4.69) is 5.73 Å². The van der Waals surface area contributed by atoms with Gasteiger partial charge < -0.3 is 5.73 Å². The molecule has 0 saturated carbocycles. The van der Waals surface area contributed by atoms with Crippen molar-refractivity contribution in [3.63, 3.8) is 0 Å². The maximum absolute atomic E-state index is 11.4. The van der Waals surface area contributed by atoms with Crippen molar-refractivity contribution in [3.8, 4) is 0 Å². The first-order valence-electron chi connectivity index (χ1n) is 2.52. The molecule has 12 heavy (non-hydrogen) atoms. The first-order valence-corrected chi connectivity index (χ1v) is 2.52. The standard InChI is InChI=1S/C4H5F6N.ClH/c5-3(6,7)1-2(11)4(8,9)10;/h2H,1,11H2;1H/t2-;/m0./s1. The predicted molar refractivity (Wildman–Crippen MR) is 32.0 cm³/mol. The number of hydrogen-bond donors (Lipinski definition) is 1. The molecule has 0 heterocycles. The quantitative estimate of drug-likeness (QED) is 0.670. The molecule has 0 aliphatic heterocycles. The van der Waals surface area contributed by atoms with Crippen LogP contribution in [0, 0.1) is 0 Å². The van der Waals surface area contributed by atoms with Gasteiger partial charge in [-0.05, 0) is 0 Å². The molecule has 0 rings (SSSR count). The molecule has 2 N–H and O–H groups in total. The Morgan fingerprint density at radius 1 is 1.00 bits per heavy atom. The van der Waals surface area contributed by atoms with E-state index in [9.17, 15) is 26.3 Å². The monoisotopic (exact) mass is 217 g/mol. The van der Waals surface area contributed by atoms with Crippen molar-refractivity contribution in [2.45, 2.75) is 24.8 Å². The zero-order valence-corrected chi connectivity index (χ0v) is 6.35. The maximum atomic E-state index is 11.4. The van der Waals surface area contributed by atoms with Crippen LogP contribution in [0.1, 0.15) is 6.42 Å². The Hall–Kier alpha value is -0.170. The van der Waals surface area contributed by atoms with E-state index >= 15 is 0 Å². The summed E-state index contributed by atoms with van der Waals surface area (Å²) in [6.45, 7) is 0. The maximum Gasteiger partial charge on any atom is 0.403 e. The average Bonchev–Trinajstić information content (AvgIpc) is 1.56. The van der Waals surface area contributed by atoms with Crippen LogP contribution < -0.4 is 5.73 Å². The molecule has 0 spiro atoms. The third kappa shape index (κ3) is 6.53. The minimum Gasteiger partial charge on any atom is -0.320 e. The Kier molecular flexibility index (Phi) is 5.00. The topological polar surface area (TPSA) is 26.0 Å². The van der Waals surface area contributed by atoms with Gasteiger partial charge in [0.2, 0.25) is 0 Å². The van der Waals surface area contributed by atoms with Crippen molar-refractivity contribution in [1.29, 1.82) is 0 Å². The lowest BCUT2D eigenvalue weighted by Gasteiger charge is -2.16. The van der Waals surface area contributed by atoms with E-state index in [1.54, 1.807) is 0 Å². The second-order valence-electron chi connectivity index (χ2n) is 1.97. The van der Waals surface area contributed by atoms with Gasteiger partial charge in [0.1, 0.15) is 6.04 Å². The summed E-state index contributed by atoms with van der Waals surface area (Å²) in [5.74, 6) is 0. The Morgan fingerprint density at radius 2 is 1.33 bits per heavy atom.